The molecule has 6 nitrogen and oxygen atoms in total. The van der Waals surface area contributed by atoms with Crippen molar-refractivity contribution in [1.29, 1.82) is 0 Å². The number of hydrogen-bond donors (Lipinski definition) is 1. The van der Waals surface area contributed by atoms with Gasteiger partial charge in [0.05, 0.1) is 11.4 Å². The minimum absolute atomic E-state index is 0.0264. The summed E-state index contributed by atoms with van der Waals surface area (Å²) in [5.74, 6) is 0.647. The second-order valence-electron chi connectivity index (χ2n) is 6.71. The highest BCUT2D eigenvalue weighted by molar-refractivity contribution is 7.89. The van der Waals surface area contributed by atoms with Crippen LogP contribution in [0.1, 0.15) is 49.2 Å². The molecule has 0 spiro atoms. The summed E-state index contributed by atoms with van der Waals surface area (Å²) in [5.41, 5.74) is 2.54. The number of aryl methyl sites for hydroxylation is 2. The predicted octanol–water partition coefficient (Wildman–Crippen LogP) is 2.77. The Morgan fingerprint density at radius 3 is 2.30 bits per heavy atom. The molecule has 0 aliphatic rings. The van der Waals surface area contributed by atoms with Crippen LogP contribution in [0.2, 0.25) is 0 Å². The molecule has 0 aliphatic heterocycles. The lowest BCUT2D eigenvalue weighted by molar-refractivity contribution is 0.460. The summed E-state index contributed by atoms with van der Waals surface area (Å²) in [5, 5.41) is 7.48. The van der Waals surface area contributed by atoms with Crippen molar-refractivity contribution in [1.82, 2.24) is 14.9 Å². The zero-order valence-electron chi connectivity index (χ0n) is 14.4. The summed E-state index contributed by atoms with van der Waals surface area (Å²) in [6, 6.07) is 3.78. The van der Waals surface area contributed by atoms with Gasteiger partial charge < -0.3 is 4.42 Å². The third-order valence-corrected chi connectivity index (χ3v) is 5.28. The summed E-state index contributed by atoms with van der Waals surface area (Å²) in [4.78, 5) is 0.290. The Labute approximate surface area is 137 Å². The number of aromatic nitrogens is 2. The molecule has 0 bridgehead atoms. The zero-order valence-corrected chi connectivity index (χ0v) is 15.2. The van der Waals surface area contributed by atoms with Crippen molar-refractivity contribution in [3.63, 3.8) is 0 Å². The highest BCUT2D eigenvalue weighted by Gasteiger charge is 2.23. The summed E-state index contributed by atoms with van der Waals surface area (Å²) in [7, 11) is -3.66. The molecule has 1 N–H and O–H groups in total. The van der Waals surface area contributed by atoms with Crippen molar-refractivity contribution < 1.29 is 12.8 Å². The first kappa shape index (κ1) is 17.6. The van der Waals surface area contributed by atoms with Gasteiger partial charge in [0.25, 0.3) is 0 Å². The predicted molar refractivity (Wildman–Crippen MR) is 87.7 cm³/mol. The first-order chi connectivity index (χ1) is 10.5. The van der Waals surface area contributed by atoms with Crippen LogP contribution in [0.3, 0.4) is 0 Å². The van der Waals surface area contributed by atoms with Crippen LogP contribution < -0.4 is 4.72 Å². The molecule has 1 heterocycles. The first-order valence-electron chi connectivity index (χ1n) is 7.41. The lowest BCUT2D eigenvalue weighted by atomic mass is 9.85. The average Bonchev–Trinajstić information content (AvgIpc) is 2.84. The molecule has 126 valence electrons. The Morgan fingerprint density at radius 1 is 1.13 bits per heavy atom. The Hall–Kier alpha value is -1.73. The average molecular weight is 337 g/mol. The minimum Gasteiger partial charge on any atom is -0.424 e. The van der Waals surface area contributed by atoms with Gasteiger partial charge >= 0.3 is 0 Å². The van der Waals surface area contributed by atoms with Gasteiger partial charge in [0.15, 0.2) is 0 Å². The van der Waals surface area contributed by atoms with Gasteiger partial charge in [-0.05, 0) is 42.0 Å². The molecule has 0 saturated heterocycles. The van der Waals surface area contributed by atoms with Crippen molar-refractivity contribution in [2.24, 2.45) is 0 Å². The van der Waals surface area contributed by atoms with Crippen molar-refractivity contribution >= 4 is 10.0 Å². The molecule has 2 rings (SSSR count). The zero-order chi connectivity index (χ0) is 17.4. The van der Waals surface area contributed by atoms with Crippen LogP contribution >= 0.6 is 0 Å². The summed E-state index contributed by atoms with van der Waals surface area (Å²) in [6.45, 7) is 11.5. The van der Waals surface area contributed by atoms with E-state index in [-0.39, 0.29) is 17.9 Å². The molecule has 0 amide bonds. The van der Waals surface area contributed by atoms with Gasteiger partial charge in [-0.25, -0.2) is 13.1 Å². The summed E-state index contributed by atoms with van der Waals surface area (Å²) >= 11 is 0. The molecule has 7 heteroatoms. The number of benzene rings is 1. The number of nitrogens with one attached hydrogen (secondary N) is 1. The van der Waals surface area contributed by atoms with E-state index in [1.807, 2.05) is 19.9 Å². The van der Waals surface area contributed by atoms with Crippen LogP contribution in [0.25, 0.3) is 0 Å². The van der Waals surface area contributed by atoms with Crippen LogP contribution in [0.4, 0.5) is 0 Å². The molecular formula is C16H23N3O3S. The highest BCUT2D eigenvalue weighted by Crippen LogP contribution is 2.29. The molecule has 1 aromatic carbocycles. The van der Waals surface area contributed by atoms with Gasteiger partial charge in [-0.15, -0.1) is 10.2 Å². The molecule has 2 aromatic rings. The Kier molecular flexibility index (Phi) is 4.64. The third-order valence-electron chi connectivity index (χ3n) is 3.76. The van der Waals surface area contributed by atoms with Crippen LogP contribution in [0.15, 0.2) is 21.4 Å². The molecule has 0 fully saturated rings. The molecule has 0 radical (unpaired) electrons. The van der Waals surface area contributed by atoms with Gasteiger partial charge in [0.2, 0.25) is 21.8 Å². The maximum atomic E-state index is 12.7. The summed E-state index contributed by atoms with van der Waals surface area (Å²) in [6.07, 6.45) is 0. The van der Waals surface area contributed by atoms with Gasteiger partial charge in [0.1, 0.15) is 0 Å². The van der Waals surface area contributed by atoms with E-state index in [1.165, 1.54) is 0 Å². The Bertz CT molecular complexity index is 818. The number of sulfonamides is 1. The smallest absolute Gasteiger partial charge is 0.241 e. The summed E-state index contributed by atoms with van der Waals surface area (Å²) < 4.78 is 33.1. The topological polar surface area (TPSA) is 85.1 Å². The molecular weight excluding hydrogens is 314 g/mol. The maximum absolute atomic E-state index is 12.7. The first-order valence-corrected chi connectivity index (χ1v) is 8.89. The van der Waals surface area contributed by atoms with Gasteiger partial charge in [-0.2, -0.15) is 0 Å². The van der Waals surface area contributed by atoms with E-state index < -0.39 is 10.0 Å². The normalized spacial score (nSPS) is 12.6. The fourth-order valence-corrected chi connectivity index (χ4v) is 3.50. The molecule has 23 heavy (non-hydrogen) atoms. The van der Waals surface area contributed by atoms with Gasteiger partial charge in [0, 0.05) is 6.92 Å². The maximum Gasteiger partial charge on any atom is 0.241 e. The standard InChI is InChI=1S/C16H23N3O3S/c1-10-7-13(16(4,5)6)8-14(11(10)2)23(20,21)17-9-15-19-18-12(3)22-15/h7-8,17H,9H2,1-6H3. The van der Waals surface area contributed by atoms with Crippen LogP contribution in [0, 0.1) is 20.8 Å². The van der Waals surface area contributed by atoms with E-state index in [0.717, 1.165) is 16.7 Å². The number of nitrogens with zero attached hydrogens (tertiary/aromatic N) is 2. The number of rotatable bonds is 4. The fourth-order valence-electron chi connectivity index (χ4n) is 2.18. The van der Waals surface area contributed by atoms with Crippen molar-refractivity contribution in [2.45, 2.75) is 58.4 Å². The quantitative estimate of drug-likeness (QED) is 0.927. The highest BCUT2D eigenvalue weighted by atomic mass is 32.2. The molecule has 0 aliphatic carbocycles. The van der Waals surface area contributed by atoms with E-state index in [9.17, 15) is 8.42 Å². The molecule has 0 saturated carbocycles. The second-order valence-corrected chi connectivity index (χ2v) is 8.44. The monoisotopic (exact) mass is 337 g/mol. The van der Waals surface area contributed by atoms with Crippen LogP contribution in [0.5, 0.6) is 0 Å². The van der Waals surface area contributed by atoms with E-state index in [4.69, 9.17) is 4.42 Å². The molecule has 0 unspecified atom stereocenters. The molecule has 1 aromatic heterocycles. The van der Waals surface area contributed by atoms with Gasteiger partial charge in [-0.1, -0.05) is 26.8 Å². The van der Waals surface area contributed by atoms with E-state index in [1.54, 1.807) is 13.0 Å². The molecule has 0 atom stereocenters. The van der Waals surface area contributed by atoms with Crippen molar-refractivity contribution in [3.05, 3.63) is 40.6 Å². The lowest BCUT2D eigenvalue weighted by Crippen LogP contribution is -2.25. The minimum atomic E-state index is -3.66. The Balaban J connectivity index is 2.37. The van der Waals surface area contributed by atoms with E-state index in [0.29, 0.717) is 10.8 Å². The van der Waals surface area contributed by atoms with E-state index >= 15 is 0 Å². The fraction of sp³-hybridized carbons (Fsp3) is 0.500. The number of hydrogen-bond acceptors (Lipinski definition) is 5. The van der Waals surface area contributed by atoms with Gasteiger partial charge in [-0.3, -0.25) is 0 Å². The van der Waals surface area contributed by atoms with Crippen molar-refractivity contribution in [3.8, 4) is 0 Å². The largest absolute Gasteiger partial charge is 0.424 e. The second kappa shape index (κ2) is 6.05. The van der Waals surface area contributed by atoms with Crippen molar-refractivity contribution in [2.75, 3.05) is 0 Å². The Morgan fingerprint density at radius 2 is 1.78 bits per heavy atom. The lowest BCUT2D eigenvalue weighted by Gasteiger charge is -2.22. The van der Waals surface area contributed by atoms with Crippen LogP contribution in [-0.4, -0.2) is 18.6 Å². The SMILES string of the molecule is Cc1nnc(CNS(=O)(=O)c2cc(C(C)(C)C)cc(C)c2C)o1. The van der Waals surface area contributed by atoms with E-state index in [2.05, 4.69) is 35.7 Å². The third kappa shape index (κ3) is 3.97. The van der Waals surface area contributed by atoms with Crippen LogP contribution in [-0.2, 0) is 22.0 Å².